The van der Waals surface area contributed by atoms with E-state index in [1.165, 1.54) is 12.1 Å². The molecule has 0 fully saturated rings. The van der Waals surface area contributed by atoms with E-state index >= 15 is 0 Å². The molecule has 0 radical (unpaired) electrons. The minimum absolute atomic E-state index is 0.0255. The van der Waals surface area contributed by atoms with Crippen molar-refractivity contribution >= 4 is 0 Å². The van der Waals surface area contributed by atoms with E-state index in [0.717, 1.165) is 6.42 Å². The van der Waals surface area contributed by atoms with Crippen LogP contribution in [0.15, 0.2) is 18.2 Å². The van der Waals surface area contributed by atoms with Crippen molar-refractivity contribution in [3.05, 3.63) is 29.6 Å². The average Bonchev–Trinajstić information content (AvgIpc) is 2.31. The number of hydrogen-bond acceptors (Lipinski definition) is 2. The van der Waals surface area contributed by atoms with Crippen molar-refractivity contribution in [1.29, 1.82) is 0 Å². The van der Waals surface area contributed by atoms with Crippen LogP contribution < -0.4 is 4.74 Å². The van der Waals surface area contributed by atoms with E-state index in [1.54, 1.807) is 6.07 Å². The first-order chi connectivity index (χ1) is 8.63. The standard InChI is InChI=1S/C15H19FO2/c1-12(2)8-10-18-15-11-14(16)7-6-13(15)5-3-4-9-17/h6-7,11-12,17H,4,8-10H2,1-2H3. The smallest absolute Gasteiger partial charge is 0.137 e. The van der Waals surface area contributed by atoms with Gasteiger partial charge in [-0.05, 0) is 24.5 Å². The van der Waals surface area contributed by atoms with Crippen molar-refractivity contribution < 1.29 is 14.2 Å². The van der Waals surface area contributed by atoms with Crippen LogP contribution in [-0.2, 0) is 0 Å². The Morgan fingerprint density at radius 3 is 2.83 bits per heavy atom. The molecule has 18 heavy (non-hydrogen) atoms. The van der Waals surface area contributed by atoms with Crippen LogP contribution in [0.25, 0.3) is 0 Å². The molecule has 1 aromatic rings. The number of halogens is 1. The third kappa shape index (κ3) is 5.20. The quantitative estimate of drug-likeness (QED) is 0.814. The molecule has 0 aliphatic heterocycles. The molecule has 0 saturated carbocycles. The van der Waals surface area contributed by atoms with E-state index in [9.17, 15) is 4.39 Å². The van der Waals surface area contributed by atoms with Crippen LogP contribution in [0.4, 0.5) is 4.39 Å². The first-order valence-electron chi connectivity index (χ1n) is 6.15. The second-order valence-corrected chi connectivity index (χ2v) is 4.45. The van der Waals surface area contributed by atoms with Gasteiger partial charge in [-0.3, -0.25) is 0 Å². The van der Waals surface area contributed by atoms with E-state index in [2.05, 4.69) is 25.7 Å². The Labute approximate surface area is 108 Å². The first-order valence-corrected chi connectivity index (χ1v) is 6.15. The molecule has 98 valence electrons. The third-order valence-electron chi connectivity index (χ3n) is 2.36. The SMILES string of the molecule is CC(C)CCOc1cc(F)ccc1C#CCCO. The fourth-order valence-corrected chi connectivity index (χ4v) is 1.34. The number of rotatable bonds is 5. The molecule has 0 unspecified atom stereocenters. The molecule has 0 saturated heterocycles. The average molecular weight is 250 g/mol. The Morgan fingerprint density at radius 1 is 1.39 bits per heavy atom. The molecule has 0 spiro atoms. The van der Waals surface area contributed by atoms with Gasteiger partial charge in [-0.25, -0.2) is 4.39 Å². The van der Waals surface area contributed by atoms with E-state index in [0.29, 0.717) is 30.3 Å². The molecule has 0 aliphatic rings. The highest BCUT2D eigenvalue weighted by molar-refractivity contribution is 5.46. The fraction of sp³-hybridized carbons (Fsp3) is 0.467. The maximum absolute atomic E-state index is 13.2. The summed E-state index contributed by atoms with van der Waals surface area (Å²) in [5, 5.41) is 8.67. The molecule has 0 heterocycles. The van der Waals surface area contributed by atoms with Crippen molar-refractivity contribution in [2.45, 2.75) is 26.7 Å². The zero-order valence-electron chi connectivity index (χ0n) is 10.9. The Balaban J connectivity index is 2.74. The summed E-state index contributed by atoms with van der Waals surface area (Å²) in [6.45, 7) is 4.79. The minimum Gasteiger partial charge on any atom is -0.492 e. The van der Waals surface area contributed by atoms with E-state index in [1.807, 2.05) is 0 Å². The van der Waals surface area contributed by atoms with Crippen molar-refractivity contribution in [3.8, 4) is 17.6 Å². The minimum atomic E-state index is -0.331. The fourth-order valence-electron chi connectivity index (χ4n) is 1.34. The van der Waals surface area contributed by atoms with Gasteiger partial charge in [-0.15, -0.1) is 0 Å². The van der Waals surface area contributed by atoms with Gasteiger partial charge in [0.25, 0.3) is 0 Å². The van der Waals surface area contributed by atoms with Crippen molar-refractivity contribution in [2.24, 2.45) is 5.92 Å². The van der Waals surface area contributed by atoms with Gasteiger partial charge in [0.2, 0.25) is 0 Å². The van der Waals surface area contributed by atoms with E-state index < -0.39 is 0 Å². The highest BCUT2D eigenvalue weighted by Gasteiger charge is 2.04. The summed E-state index contributed by atoms with van der Waals surface area (Å²) < 4.78 is 18.7. The van der Waals surface area contributed by atoms with Gasteiger partial charge in [-0.1, -0.05) is 25.7 Å². The number of hydrogen-bond donors (Lipinski definition) is 1. The highest BCUT2D eigenvalue weighted by atomic mass is 19.1. The van der Waals surface area contributed by atoms with Gasteiger partial charge in [0, 0.05) is 12.5 Å². The monoisotopic (exact) mass is 250 g/mol. The Hall–Kier alpha value is -1.53. The molecule has 2 nitrogen and oxygen atoms in total. The Kier molecular flexibility index (Phi) is 6.24. The van der Waals surface area contributed by atoms with Gasteiger partial charge < -0.3 is 9.84 Å². The number of ether oxygens (including phenoxy) is 1. The largest absolute Gasteiger partial charge is 0.492 e. The van der Waals surface area contributed by atoms with Crippen LogP contribution in [0.5, 0.6) is 5.75 Å². The number of aliphatic hydroxyl groups excluding tert-OH is 1. The second-order valence-electron chi connectivity index (χ2n) is 4.45. The van der Waals surface area contributed by atoms with E-state index in [4.69, 9.17) is 9.84 Å². The van der Waals surface area contributed by atoms with Gasteiger partial charge in [-0.2, -0.15) is 0 Å². The topological polar surface area (TPSA) is 29.5 Å². The maximum atomic E-state index is 13.2. The van der Waals surface area contributed by atoms with Crippen LogP contribution in [0, 0.1) is 23.6 Å². The molecule has 0 amide bonds. The summed E-state index contributed by atoms with van der Waals surface area (Å²) in [6.07, 6.45) is 1.32. The van der Waals surface area contributed by atoms with Gasteiger partial charge in [0.1, 0.15) is 11.6 Å². The van der Waals surface area contributed by atoms with Crippen molar-refractivity contribution in [2.75, 3.05) is 13.2 Å². The first kappa shape index (κ1) is 14.5. The lowest BCUT2D eigenvalue weighted by Crippen LogP contribution is -2.03. The summed E-state index contributed by atoms with van der Waals surface area (Å²) in [5.41, 5.74) is 0.661. The van der Waals surface area contributed by atoms with Crippen LogP contribution in [0.1, 0.15) is 32.3 Å². The van der Waals surface area contributed by atoms with E-state index in [-0.39, 0.29) is 12.4 Å². The lowest BCUT2D eigenvalue weighted by molar-refractivity contribution is 0.287. The molecular formula is C15H19FO2. The second kappa shape index (κ2) is 7.73. The van der Waals surface area contributed by atoms with Crippen LogP contribution in [0.2, 0.25) is 0 Å². The molecule has 0 aliphatic carbocycles. The van der Waals surface area contributed by atoms with Gasteiger partial charge in [0.15, 0.2) is 0 Å². The zero-order valence-corrected chi connectivity index (χ0v) is 10.9. The summed E-state index contributed by atoms with van der Waals surface area (Å²) in [5.74, 6) is 6.37. The summed E-state index contributed by atoms with van der Waals surface area (Å²) >= 11 is 0. The molecule has 3 heteroatoms. The molecule has 0 bridgehead atoms. The Morgan fingerprint density at radius 2 is 2.17 bits per heavy atom. The third-order valence-corrected chi connectivity index (χ3v) is 2.36. The lowest BCUT2D eigenvalue weighted by atomic mass is 10.1. The number of aliphatic hydroxyl groups is 1. The summed E-state index contributed by atoms with van der Waals surface area (Å²) in [7, 11) is 0. The van der Waals surface area contributed by atoms with Crippen molar-refractivity contribution in [3.63, 3.8) is 0 Å². The molecule has 0 atom stereocenters. The summed E-state index contributed by atoms with van der Waals surface area (Å²) in [6, 6.07) is 4.31. The highest BCUT2D eigenvalue weighted by Crippen LogP contribution is 2.19. The van der Waals surface area contributed by atoms with Crippen LogP contribution in [-0.4, -0.2) is 18.3 Å². The van der Waals surface area contributed by atoms with Gasteiger partial charge >= 0.3 is 0 Å². The summed E-state index contributed by atoms with van der Waals surface area (Å²) in [4.78, 5) is 0. The Bertz CT molecular complexity index is 430. The normalized spacial score (nSPS) is 10.1. The molecule has 1 rings (SSSR count). The zero-order chi connectivity index (χ0) is 13.4. The van der Waals surface area contributed by atoms with Crippen molar-refractivity contribution in [1.82, 2.24) is 0 Å². The molecular weight excluding hydrogens is 231 g/mol. The predicted octanol–water partition coefficient (Wildman–Crippen LogP) is 2.98. The predicted molar refractivity (Wildman–Crippen MR) is 69.9 cm³/mol. The number of benzene rings is 1. The lowest BCUT2D eigenvalue weighted by Gasteiger charge is -2.09. The molecule has 1 aromatic carbocycles. The van der Waals surface area contributed by atoms with Gasteiger partial charge in [0.05, 0.1) is 18.8 Å². The molecule has 0 aromatic heterocycles. The van der Waals surface area contributed by atoms with Crippen LogP contribution in [0.3, 0.4) is 0 Å². The molecule has 1 N–H and O–H groups in total. The maximum Gasteiger partial charge on any atom is 0.137 e. The van der Waals surface area contributed by atoms with Crippen LogP contribution >= 0.6 is 0 Å².